The van der Waals surface area contributed by atoms with Crippen LogP contribution in [0.25, 0.3) is 0 Å². The number of imide groups is 1. The molecule has 0 aromatic heterocycles. The van der Waals surface area contributed by atoms with Gasteiger partial charge >= 0.3 is 6.03 Å². The van der Waals surface area contributed by atoms with Crippen molar-refractivity contribution in [2.24, 2.45) is 0 Å². The van der Waals surface area contributed by atoms with Crippen LogP contribution < -0.4 is 10.6 Å². The van der Waals surface area contributed by atoms with Crippen molar-refractivity contribution in [3.63, 3.8) is 0 Å². The first-order valence-electron chi connectivity index (χ1n) is 2.17. The normalized spacial score (nSPS) is 22.1. The lowest BCUT2D eigenvalue weighted by atomic mass is 10.5. The van der Waals surface area contributed by atoms with Crippen molar-refractivity contribution >= 4 is 27.9 Å². The predicted molar refractivity (Wildman–Crippen MR) is 33.7 cm³/mol. The van der Waals surface area contributed by atoms with Crippen molar-refractivity contribution < 1.29 is 9.59 Å². The summed E-state index contributed by atoms with van der Waals surface area (Å²) < 4.78 is 0. The Morgan fingerprint density at radius 2 is 2.00 bits per heavy atom. The summed E-state index contributed by atoms with van der Waals surface area (Å²) in [5.41, 5.74) is 0.236. The Balaban J connectivity index is 2.81. The van der Waals surface area contributed by atoms with Crippen molar-refractivity contribution in [1.29, 1.82) is 0 Å². The number of hydrogen-bond acceptors (Lipinski definition) is 2. The molecular formula is C4H3BrN2O2. The highest BCUT2D eigenvalue weighted by Crippen LogP contribution is 1.99. The highest BCUT2D eigenvalue weighted by atomic mass is 79.9. The Hall–Kier alpha value is -0.840. The number of halogens is 1. The predicted octanol–water partition coefficient (Wildman–Crippen LogP) is 0.0621. The van der Waals surface area contributed by atoms with E-state index in [2.05, 4.69) is 21.2 Å². The second kappa shape index (κ2) is 2.18. The van der Waals surface area contributed by atoms with Gasteiger partial charge in [0.15, 0.2) is 0 Å². The van der Waals surface area contributed by atoms with Crippen LogP contribution in [0.4, 0.5) is 4.79 Å². The fourth-order valence-corrected chi connectivity index (χ4v) is 0.780. The summed E-state index contributed by atoms with van der Waals surface area (Å²) in [6.45, 7) is 0. The molecule has 3 amide bonds. The van der Waals surface area contributed by atoms with Crippen molar-refractivity contribution in [3.8, 4) is 0 Å². The number of rotatable bonds is 0. The first kappa shape index (κ1) is 6.28. The Kier molecular flexibility index (Phi) is 1.52. The lowest BCUT2D eigenvalue weighted by Crippen LogP contribution is -2.22. The summed E-state index contributed by atoms with van der Waals surface area (Å²) >= 11 is 2.91. The van der Waals surface area contributed by atoms with E-state index in [-0.39, 0.29) is 5.70 Å². The average Bonchev–Trinajstić information content (AvgIpc) is 2.10. The van der Waals surface area contributed by atoms with Crippen LogP contribution in [0.1, 0.15) is 0 Å². The van der Waals surface area contributed by atoms with Gasteiger partial charge in [-0.3, -0.25) is 10.1 Å². The number of nitrogens with one attached hydrogen (secondary N) is 2. The minimum Gasteiger partial charge on any atom is -0.302 e. The van der Waals surface area contributed by atoms with Crippen LogP contribution in [0.15, 0.2) is 10.7 Å². The van der Waals surface area contributed by atoms with Gasteiger partial charge in [0.2, 0.25) is 0 Å². The summed E-state index contributed by atoms with van der Waals surface area (Å²) in [6.07, 6.45) is 0. The van der Waals surface area contributed by atoms with E-state index in [0.29, 0.717) is 0 Å². The summed E-state index contributed by atoms with van der Waals surface area (Å²) in [6, 6.07) is -0.481. The molecule has 0 aromatic rings. The van der Waals surface area contributed by atoms with Gasteiger partial charge in [-0.1, -0.05) is 15.9 Å². The van der Waals surface area contributed by atoms with Crippen molar-refractivity contribution in [2.45, 2.75) is 0 Å². The first-order chi connectivity index (χ1) is 4.24. The molecule has 0 radical (unpaired) electrons. The minimum absolute atomic E-state index is 0.236. The second-order valence-electron chi connectivity index (χ2n) is 1.43. The van der Waals surface area contributed by atoms with Gasteiger partial charge in [-0.15, -0.1) is 0 Å². The van der Waals surface area contributed by atoms with Crippen LogP contribution in [-0.2, 0) is 4.79 Å². The van der Waals surface area contributed by atoms with Crippen LogP contribution in [0.2, 0.25) is 0 Å². The Labute approximate surface area is 59.4 Å². The molecule has 1 heterocycles. The zero-order chi connectivity index (χ0) is 6.85. The zero-order valence-corrected chi connectivity index (χ0v) is 5.86. The third kappa shape index (κ3) is 1.10. The monoisotopic (exact) mass is 190 g/mol. The minimum atomic E-state index is -0.481. The summed E-state index contributed by atoms with van der Waals surface area (Å²) in [5.74, 6) is -0.406. The number of carbonyl (C=O) groups excluding carboxylic acids is 2. The van der Waals surface area contributed by atoms with Crippen LogP contribution in [0.3, 0.4) is 0 Å². The molecule has 1 saturated heterocycles. The van der Waals surface area contributed by atoms with Gasteiger partial charge in [-0.05, 0) is 0 Å². The molecule has 1 rings (SSSR count). The highest BCUT2D eigenvalue weighted by molar-refractivity contribution is 9.11. The van der Waals surface area contributed by atoms with E-state index in [0.717, 1.165) is 0 Å². The molecule has 0 spiro atoms. The van der Waals surface area contributed by atoms with Gasteiger partial charge in [0.25, 0.3) is 5.91 Å². The Morgan fingerprint density at radius 3 is 2.22 bits per heavy atom. The topological polar surface area (TPSA) is 58.2 Å². The Morgan fingerprint density at radius 1 is 1.33 bits per heavy atom. The fourth-order valence-electron chi connectivity index (χ4n) is 0.458. The van der Waals surface area contributed by atoms with Crippen LogP contribution >= 0.6 is 15.9 Å². The number of amides is 3. The second-order valence-corrected chi connectivity index (χ2v) is 1.89. The maximum absolute atomic E-state index is 10.5. The van der Waals surface area contributed by atoms with E-state index in [1.54, 1.807) is 0 Å². The van der Waals surface area contributed by atoms with E-state index >= 15 is 0 Å². The average molecular weight is 191 g/mol. The quantitative estimate of drug-likeness (QED) is 0.420. The van der Waals surface area contributed by atoms with E-state index in [1.807, 2.05) is 5.32 Å². The van der Waals surface area contributed by atoms with Gasteiger partial charge in [0.1, 0.15) is 5.70 Å². The summed E-state index contributed by atoms with van der Waals surface area (Å²) in [7, 11) is 0. The third-order valence-corrected chi connectivity index (χ3v) is 1.29. The van der Waals surface area contributed by atoms with E-state index in [4.69, 9.17) is 0 Å². The summed E-state index contributed by atoms with van der Waals surface area (Å²) in [4.78, 5) is 22.2. The SMILES string of the molecule is O=C1NC(=O)/C(=C/Br)N1. The smallest absolute Gasteiger partial charge is 0.302 e. The van der Waals surface area contributed by atoms with Crippen LogP contribution in [0, 0.1) is 0 Å². The Bertz CT molecular complexity index is 199. The lowest BCUT2D eigenvalue weighted by molar-refractivity contribution is -0.115. The van der Waals surface area contributed by atoms with Gasteiger partial charge < -0.3 is 5.32 Å². The molecule has 0 atom stereocenters. The van der Waals surface area contributed by atoms with Gasteiger partial charge in [-0.25, -0.2) is 4.79 Å². The molecule has 0 aromatic carbocycles. The summed E-state index contributed by atoms with van der Waals surface area (Å²) in [5, 5.41) is 4.30. The molecule has 5 heteroatoms. The van der Waals surface area contributed by atoms with Gasteiger partial charge in [-0.2, -0.15) is 0 Å². The molecular weight excluding hydrogens is 188 g/mol. The molecule has 0 saturated carbocycles. The lowest BCUT2D eigenvalue weighted by Gasteiger charge is -1.84. The molecule has 48 valence electrons. The zero-order valence-electron chi connectivity index (χ0n) is 4.27. The largest absolute Gasteiger partial charge is 0.326 e. The van der Waals surface area contributed by atoms with E-state index < -0.39 is 11.9 Å². The van der Waals surface area contributed by atoms with Gasteiger partial charge in [0.05, 0.1) is 0 Å². The molecule has 0 unspecified atom stereocenters. The maximum atomic E-state index is 10.5. The number of urea groups is 1. The standard InChI is InChI=1S/C4H3BrN2O2/c5-1-2-3(8)7-4(9)6-2/h1H,(H2,6,7,8,9)/b2-1-. The number of hydrogen-bond donors (Lipinski definition) is 2. The molecule has 1 aliphatic heterocycles. The number of carbonyl (C=O) groups is 2. The molecule has 4 nitrogen and oxygen atoms in total. The van der Waals surface area contributed by atoms with E-state index in [1.165, 1.54) is 4.99 Å². The molecule has 9 heavy (non-hydrogen) atoms. The van der Waals surface area contributed by atoms with Crippen molar-refractivity contribution in [3.05, 3.63) is 10.7 Å². The van der Waals surface area contributed by atoms with Crippen LogP contribution in [0.5, 0.6) is 0 Å². The molecule has 1 aliphatic rings. The highest BCUT2D eigenvalue weighted by Gasteiger charge is 2.21. The van der Waals surface area contributed by atoms with E-state index in [9.17, 15) is 9.59 Å². The third-order valence-electron chi connectivity index (χ3n) is 0.829. The van der Waals surface area contributed by atoms with Crippen molar-refractivity contribution in [2.75, 3.05) is 0 Å². The van der Waals surface area contributed by atoms with Crippen LogP contribution in [-0.4, -0.2) is 11.9 Å². The van der Waals surface area contributed by atoms with Gasteiger partial charge in [0, 0.05) is 4.99 Å². The van der Waals surface area contributed by atoms with Crippen molar-refractivity contribution in [1.82, 2.24) is 10.6 Å². The molecule has 1 fully saturated rings. The maximum Gasteiger partial charge on any atom is 0.326 e. The molecule has 2 N–H and O–H groups in total. The fraction of sp³-hybridized carbons (Fsp3) is 0. The first-order valence-corrected chi connectivity index (χ1v) is 3.08. The molecule has 0 bridgehead atoms. The molecule has 0 aliphatic carbocycles.